The van der Waals surface area contributed by atoms with Crippen LogP contribution in [0.4, 0.5) is 4.39 Å². The molecule has 0 spiro atoms. The number of hydrogen-bond acceptors (Lipinski definition) is 2. The zero-order valence-electron chi connectivity index (χ0n) is 9.50. The Morgan fingerprint density at radius 2 is 2.33 bits per heavy atom. The van der Waals surface area contributed by atoms with E-state index in [0.29, 0.717) is 27.0 Å². The van der Waals surface area contributed by atoms with E-state index in [1.807, 2.05) is 0 Å². The third-order valence-electron chi connectivity index (χ3n) is 3.15. The smallest absolute Gasteiger partial charge is 0.150 e. The fourth-order valence-corrected chi connectivity index (χ4v) is 2.87. The van der Waals surface area contributed by atoms with Crippen molar-refractivity contribution in [2.75, 3.05) is 6.61 Å². The van der Waals surface area contributed by atoms with Crippen LogP contribution in [0.25, 0.3) is 10.9 Å². The molecule has 0 aliphatic carbocycles. The summed E-state index contributed by atoms with van der Waals surface area (Å²) >= 11 is 9.29. The maximum atomic E-state index is 14.1. The van der Waals surface area contributed by atoms with E-state index < -0.39 is 0 Å². The number of rotatable bonds is 1. The van der Waals surface area contributed by atoms with Crippen molar-refractivity contribution in [3.05, 3.63) is 27.6 Å². The average molecular weight is 334 g/mol. The predicted molar refractivity (Wildman–Crippen MR) is 71.2 cm³/mol. The quantitative estimate of drug-likeness (QED) is 0.728. The normalized spacial score (nSPS) is 20.5. The van der Waals surface area contributed by atoms with E-state index >= 15 is 0 Å². The highest BCUT2D eigenvalue weighted by Gasteiger charge is 2.22. The molecule has 3 rings (SSSR count). The largest absolute Gasteiger partial charge is 0.356 e. The van der Waals surface area contributed by atoms with Crippen LogP contribution in [-0.4, -0.2) is 16.4 Å². The fourth-order valence-electron chi connectivity index (χ4n) is 2.27. The highest BCUT2D eigenvalue weighted by molar-refractivity contribution is 9.10. The zero-order chi connectivity index (χ0) is 12.7. The van der Waals surface area contributed by atoms with Crippen molar-refractivity contribution < 1.29 is 9.13 Å². The molecule has 3 nitrogen and oxygen atoms in total. The zero-order valence-corrected chi connectivity index (χ0v) is 11.8. The summed E-state index contributed by atoms with van der Waals surface area (Å²) in [6, 6.07) is 1.30. The molecule has 6 heteroatoms. The monoisotopic (exact) mass is 332 g/mol. The Hall–Kier alpha value is -0.650. The lowest BCUT2D eigenvalue weighted by atomic mass is 10.2. The summed E-state index contributed by atoms with van der Waals surface area (Å²) < 4.78 is 22.0. The second-order valence-electron chi connectivity index (χ2n) is 4.33. The van der Waals surface area contributed by atoms with E-state index in [-0.39, 0.29) is 12.0 Å². The molecule has 0 radical (unpaired) electrons. The molecule has 0 saturated carbocycles. The molecule has 1 aliphatic rings. The van der Waals surface area contributed by atoms with Crippen LogP contribution < -0.4 is 0 Å². The fraction of sp³-hybridized carbons (Fsp3) is 0.417. The van der Waals surface area contributed by atoms with Crippen LogP contribution in [-0.2, 0) is 4.74 Å². The number of aromatic nitrogens is 2. The van der Waals surface area contributed by atoms with Crippen LogP contribution in [0.1, 0.15) is 25.5 Å². The first-order chi connectivity index (χ1) is 8.68. The minimum atomic E-state index is -0.370. The van der Waals surface area contributed by atoms with E-state index in [1.54, 1.807) is 10.9 Å². The van der Waals surface area contributed by atoms with E-state index in [0.717, 1.165) is 19.3 Å². The minimum Gasteiger partial charge on any atom is -0.356 e. The number of benzene rings is 1. The third-order valence-corrected chi connectivity index (χ3v) is 4.53. The molecule has 1 saturated heterocycles. The maximum Gasteiger partial charge on any atom is 0.150 e. The van der Waals surface area contributed by atoms with Crippen LogP contribution >= 0.6 is 27.5 Å². The molecule has 18 heavy (non-hydrogen) atoms. The molecule has 1 atom stereocenters. The summed E-state index contributed by atoms with van der Waals surface area (Å²) in [5, 5.41) is 5.27. The molecule has 1 aromatic carbocycles. The van der Waals surface area contributed by atoms with Gasteiger partial charge in [-0.15, -0.1) is 0 Å². The highest BCUT2D eigenvalue weighted by Crippen LogP contribution is 2.35. The van der Waals surface area contributed by atoms with Gasteiger partial charge in [-0.1, -0.05) is 11.6 Å². The van der Waals surface area contributed by atoms with Crippen molar-refractivity contribution in [1.29, 1.82) is 0 Å². The van der Waals surface area contributed by atoms with Crippen molar-refractivity contribution in [1.82, 2.24) is 9.78 Å². The summed E-state index contributed by atoms with van der Waals surface area (Å²) in [5.74, 6) is -0.370. The van der Waals surface area contributed by atoms with Gasteiger partial charge in [0.05, 0.1) is 11.2 Å². The molecule has 2 heterocycles. The van der Waals surface area contributed by atoms with E-state index in [9.17, 15) is 4.39 Å². The van der Waals surface area contributed by atoms with Crippen LogP contribution in [0.15, 0.2) is 16.7 Å². The molecule has 2 aromatic rings. The highest BCUT2D eigenvalue weighted by atomic mass is 79.9. The number of nitrogens with zero attached hydrogens (tertiary/aromatic N) is 2. The van der Waals surface area contributed by atoms with Crippen molar-refractivity contribution >= 4 is 38.4 Å². The van der Waals surface area contributed by atoms with E-state index in [4.69, 9.17) is 16.3 Å². The summed E-state index contributed by atoms with van der Waals surface area (Å²) in [5.41, 5.74) is 0.443. The molecule has 1 aromatic heterocycles. The molecule has 1 aliphatic heterocycles. The lowest BCUT2D eigenvalue weighted by Gasteiger charge is -2.23. The van der Waals surface area contributed by atoms with Gasteiger partial charge < -0.3 is 4.74 Å². The lowest BCUT2D eigenvalue weighted by molar-refractivity contribution is -0.0369. The number of ether oxygens (including phenoxy) is 1. The minimum absolute atomic E-state index is 0.182. The molecule has 0 bridgehead atoms. The van der Waals surface area contributed by atoms with Gasteiger partial charge in [-0.2, -0.15) is 5.10 Å². The van der Waals surface area contributed by atoms with E-state index in [1.165, 1.54) is 6.07 Å². The Morgan fingerprint density at radius 1 is 1.50 bits per heavy atom. The first-order valence-electron chi connectivity index (χ1n) is 5.81. The van der Waals surface area contributed by atoms with Crippen molar-refractivity contribution in [3.63, 3.8) is 0 Å². The Bertz CT molecular complexity index is 595. The Kier molecular flexibility index (Phi) is 3.30. The molecule has 0 amide bonds. The standard InChI is InChI=1S/C12H11BrClFN2O/c13-11-7-6-16-17(10-3-1-2-4-18-10)12(7)9(15)5-8(11)14/h5-6,10H,1-4H2. The van der Waals surface area contributed by atoms with Gasteiger partial charge in [0.2, 0.25) is 0 Å². The first-order valence-corrected chi connectivity index (χ1v) is 6.98. The van der Waals surface area contributed by atoms with Gasteiger partial charge in [0, 0.05) is 16.5 Å². The topological polar surface area (TPSA) is 27.1 Å². The Labute approximate surface area is 117 Å². The number of halogens is 3. The molecule has 1 unspecified atom stereocenters. The van der Waals surface area contributed by atoms with Gasteiger partial charge in [-0.25, -0.2) is 9.07 Å². The molecule has 0 N–H and O–H groups in total. The lowest BCUT2D eigenvalue weighted by Crippen LogP contribution is -2.19. The van der Waals surface area contributed by atoms with Crippen LogP contribution in [0.5, 0.6) is 0 Å². The SMILES string of the molecule is Fc1cc(Cl)c(Br)c2cnn(C3CCCCO3)c12. The Morgan fingerprint density at radius 3 is 3.06 bits per heavy atom. The maximum absolute atomic E-state index is 14.1. The van der Waals surface area contributed by atoms with Crippen molar-refractivity contribution in [2.45, 2.75) is 25.5 Å². The number of hydrogen-bond donors (Lipinski definition) is 0. The Balaban J connectivity index is 2.16. The molecular formula is C12H11BrClFN2O. The summed E-state index contributed by atoms with van der Waals surface area (Å²) in [7, 11) is 0. The van der Waals surface area contributed by atoms with Gasteiger partial charge in [-0.3, -0.25) is 0 Å². The van der Waals surface area contributed by atoms with Gasteiger partial charge in [0.15, 0.2) is 12.0 Å². The third kappa shape index (κ3) is 1.94. The predicted octanol–water partition coefficient (Wildman–Crippen LogP) is 4.29. The first kappa shape index (κ1) is 12.4. The second-order valence-corrected chi connectivity index (χ2v) is 5.53. The molecule has 96 valence electrons. The van der Waals surface area contributed by atoms with Crippen LogP contribution in [0.3, 0.4) is 0 Å². The van der Waals surface area contributed by atoms with E-state index in [2.05, 4.69) is 21.0 Å². The molecule has 1 fully saturated rings. The van der Waals surface area contributed by atoms with Crippen molar-refractivity contribution in [2.24, 2.45) is 0 Å². The molecular weight excluding hydrogens is 323 g/mol. The van der Waals surface area contributed by atoms with Crippen LogP contribution in [0.2, 0.25) is 5.02 Å². The van der Waals surface area contributed by atoms with Crippen LogP contribution in [0, 0.1) is 5.82 Å². The van der Waals surface area contributed by atoms with Gasteiger partial charge >= 0.3 is 0 Å². The summed E-state index contributed by atoms with van der Waals surface area (Å²) in [6.07, 6.45) is 4.41. The van der Waals surface area contributed by atoms with Gasteiger partial charge in [-0.05, 0) is 41.3 Å². The number of fused-ring (bicyclic) bond motifs is 1. The van der Waals surface area contributed by atoms with Gasteiger partial charge in [0.25, 0.3) is 0 Å². The summed E-state index contributed by atoms with van der Waals surface area (Å²) in [4.78, 5) is 0. The van der Waals surface area contributed by atoms with Gasteiger partial charge in [0.1, 0.15) is 5.52 Å². The average Bonchev–Trinajstić information content (AvgIpc) is 2.82. The van der Waals surface area contributed by atoms with Crippen molar-refractivity contribution in [3.8, 4) is 0 Å². The summed E-state index contributed by atoms with van der Waals surface area (Å²) in [6.45, 7) is 0.697. The second kappa shape index (κ2) is 4.79.